The molecule has 0 aliphatic rings. The van der Waals surface area contributed by atoms with Crippen molar-refractivity contribution in [2.24, 2.45) is 0 Å². The first kappa shape index (κ1) is 7.80. The lowest BCUT2D eigenvalue weighted by molar-refractivity contribution is 1.37. The van der Waals surface area contributed by atoms with E-state index in [0.717, 1.165) is 11.5 Å². The molecule has 1 aromatic rings. The zero-order chi connectivity index (χ0) is 8.10. The van der Waals surface area contributed by atoms with Crippen molar-refractivity contribution in [2.45, 2.75) is 0 Å². The summed E-state index contributed by atoms with van der Waals surface area (Å²) in [6, 6.07) is 10.9. The predicted molar refractivity (Wildman–Crippen MR) is 48.0 cm³/mol. The molecule has 0 saturated carbocycles. The third kappa shape index (κ3) is 1.81. The van der Waals surface area contributed by atoms with Crippen LogP contribution in [0.25, 0.3) is 0 Å². The molecule has 0 aliphatic heterocycles. The molecule has 0 amide bonds. The third-order valence-electron chi connectivity index (χ3n) is 1.46. The van der Waals surface area contributed by atoms with E-state index >= 15 is 0 Å². The summed E-state index contributed by atoms with van der Waals surface area (Å²) < 4.78 is 0. The van der Waals surface area contributed by atoms with Crippen molar-refractivity contribution in [2.75, 3.05) is 0 Å². The molecule has 0 heterocycles. The van der Waals surface area contributed by atoms with Crippen LogP contribution in [0, 0.1) is 12.0 Å². The van der Waals surface area contributed by atoms with Crippen LogP contribution in [-0.2, 0) is 0 Å². The second-order valence-corrected chi connectivity index (χ2v) is 2.14. The van der Waals surface area contributed by atoms with Crippen LogP contribution >= 0.6 is 0 Å². The van der Waals surface area contributed by atoms with Gasteiger partial charge in [0.1, 0.15) is 0 Å². The molecule has 1 rings (SSSR count). The van der Waals surface area contributed by atoms with E-state index in [1.54, 1.807) is 12.2 Å². The molecule has 0 spiro atoms. The van der Waals surface area contributed by atoms with E-state index in [1.165, 1.54) is 0 Å². The van der Waals surface area contributed by atoms with Crippen molar-refractivity contribution in [1.29, 1.82) is 0 Å². The molecule has 0 saturated heterocycles. The minimum Gasteiger partial charge on any atom is -0.102 e. The number of hydrogen-bond donors (Lipinski definition) is 0. The van der Waals surface area contributed by atoms with Crippen LogP contribution in [-0.4, -0.2) is 0 Å². The smallest absolute Gasteiger partial charge is 0.0479 e. The zero-order valence-corrected chi connectivity index (χ0v) is 6.38. The minimum absolute atomic E-state index is 1.02. The molecule has 1 aromatic carbocycles. The van der Waals surface area contributed by atoms with Gasteiger partial charge in [-0.1, -0.05) is 36.4 Å². The standard InChI is InChI=1S/C11H10/c1-3-10(4-2)11-8-6-5-7-9-11/h3-8H,1-2H2. The van der Waals surface area contributed by atoms with E-state index in [4.69, 9.17) is 0 Å². The highest BCUT2D eigenvalue weighted by molar-refractivity contribution is 5.41. The Morgan fingerprint density at radius 2 is 2.00 bits per heavy atom. The summed E-state index contributed by atoms with van der Waals surface area (Å²) in [7, 11) is 0. The molecule has 0 heteroatoms. The highest BCUT2D eigenvalue weighted by Gasteiger charge is 2.00. The minimum atomic E-state index is 1.02. The first-order chi connectivity index (χ1) is 5.38. The van der Waals surface area contributed by atoms with Gasteiger partial charge in [-0.05, 0) is 11.6 Å². The summed E-state index contributed by atoms with van der Waals surface area (Å²) in [5, 5.41) is 0. The lowest BCUT2D eigenvalue weighted by Gasteiger charge is -2.03. The van der Waals surface area contributed by atoms with Crippen LogP contribution in [0.5, 0.6) is 0 Å². The van der Waals surface area contributed by atoms with E-state index < -0.39 is 0 Å². The van der Waals surface area contributed by atoms with E-state index in [1.807, 2.05) is 24.3 Å². The maximum absolute atomic E-state index is 3.68. The number of allylic oxidation sites excluding steroid dienone is 2. The van der Waals surface area contributed by atoms with Gasteiger partial charge >= 0.3 is 0 Å². The van der Waals surface area contributed by atoms with Gasteiger partial charge in [-0.3, -0.25) is 0 Å². The van der Waals surface area contributed by atoms with Gasteiger partial charge in [0.15, 0.2) is 0 Å². The molecule has 2 radical (unpaired) electrons. The Kier molecular flexibility index (Phi) is 2.67. The Morgan fingerprint density at radius 1 is 1.27 bits per heavy atom. The highest BCUT2D eigenvalue weighted by Crippen LogP contribution is 2.14. The Labute approximate surface area is 67.9 Å². The molecule has 0 N–H and O–H groups in total. The normalized spacial score (nSPS) is 9.55. The number of benzene rings is 1. The average Bonchev–Trinajstić information content (AvgIpc) is 2.09. The van der Waals surface area contributed by atoms with Crippen LogP contribution in [0.4, 0.5) is 0 Å². The fourth-order valence-corrected chi connectivity index (χ4v) is 0.876. The summed E-state index contributed by atoms with van der Waals surface area (Å²) in [6.45, 7) is 7.36. The molecule has 0 nitrogen and oxygen atoms in total. The molecule has 0 fully saturated rings. The Bertz CT molecular complexity index is 225. The SMILES string of the molecule is C=C[C](C=C)c1[c]cccc1. The Hall–Kier alpha value is -1.30. The van der Waals surface area contributed by atoms with Crippen molar-refractivity contribution in [1.82, 2.24) is 0 Å². The summed E-state index contributed by atoms with van der Waals surface area (Å²) in [6.07, 6.45) is 3.55. The van der Waals surface area contributed by atoms with Crippen LogP contribution < -0.4 is 0 Å². The van der Waals surface area contributed by atoms with Gasteiger partial charge in [-0.15, -0.1) is 13.2 Å². The van der Waals surface area contributed by atoms with Crippen molar-refractivity contribution in [3.05, 3.63) is 67.1 Å². The number of rotatable bonds is 3. The van der Waals surface area contributed by atoms with Gasteiger partial charge in [-0.25, -0.2) is 0 Å². The second-order valence-electron chi connectivity index (χ2n) is 2.14. The molecule has 0 unspecified atom stereocenters. The Morgan fingerprint density at radius 3 is 2.45 bits per heavy atom. The average molecular weight is 142 g/mol. The largest absolute Gasteiger partial charge is 0.102 e. The van der Waals surface area contributed by atoms with Crippen molar-refractivity contribution in [3.63, 3.8) is 0 Å². The second kappa shape index (κ2) is 3.77. The van der Waals surface area contributed by atoms with Gasteiger partial charge in [-0.2, -0.15) is 0 Å². The van der Waals surface area contributed by atoms with Crippen molar-refractivity contribution in [3.8, 4) is 0 Å². The summed E-state index contributed by atoms with van der Waals surface area (Å²) in [5.41, 5.74) is 1.04. The molecule has 0 atom stereocenters. The molecule has 0 bridgehead atoms. The van der Waals surface area contributed by atoms with E-state index in [-0.39, 0.29) is 0 Å². The van der Waals surface area contributed by atoms with Gasteiger partial charge < -0.3 is 0 Å². The van der Waals surface area contributed by atoms with Crippen molar-refractivity contribution >= 4 is 0 Å². The first-order valence-electron chi connectivity index (χ1n) is 3.47. The summed E-state index contributed by atoms with van der Waals surface area (Å²) in [5.74, 6) is 1.02. The molecule has 11 heavy (non-hydrogen) atoms. The van der Waals surface area contributed by atoms with Crippen LogP contribution in [0.15, 0.2) is 49.6 Å². The topological polar surface area (TPSA) is 0 Å². The molecule has 0 aliphatic carbocycles. The van der Waals surface area contributed by atoms with Gasteiger partial charge in [0.25, 0.3) is 0 Å². The van der Waals surface area contributed by atoms with E-state index in [2.05, 4.69) is 19.2 Å². The van der Waals surface area contributed by atoms with Gasteiger partial charge in [0, 0.05) is 5.92 Å². The van der Waals surface area contributed by atoms with Crippen LogP contribution in [0.3, 0.4) is 0 Å². The molecular weight excluding hydrogens is 132 g/mol. The predicted octanol–water partition coefficient (Wildman–Crippen LogP) is 2.78. The van der Waals surface area contributed by atoms with Gasteiger partial charge in [0.05, 0.1) is 0 Å². The zero-order valence-electron chi connectivity index (χ0n) is 6.38. The monoisotopic (exact) mass is 142 g/mol. The van der Waals surface area contributed by atoms with Crippen LogP contribution in [0.2, 0.25) is 0 Å². The lowest BCUT2D eigenvalue weighted by Crippen LogP contribution is -1.89. The van der Waals surface area contributed by atoms with E-state index in [9.17, 15) is 0 Å². The Balaban J connectivity index is 2.90. The maximum atomic E-state index is 3.68. The maximum Gasteiger partial charge on any atom is 0.0479 e. The first-order valence-corrected chi connectivity index (χ1v) is 3.47. The van der Waals surface area contributed by atoms with Crippen molar-refractivity contribution < 1.29 is 0 Å². The summed E-state index contributed by atoms with van der Waals surface area (Å²) in [4.78, 5) is 0. The lowest BCUT2D eigenvalue weighted by atomic mass is 10.00. The fourth-order valence-electron chi connectivity index (χ4n) is 0.876. The van der Waals surface area contributed by atoms with E-state index in [0.29, 0.717) is 0 Å². The fraction of sp³-hybridized carbons (Fsp3) is 0. The summed E-state index contributed by atoms with van der Waals surface area (Å²) >= 11 is 0. The molecular formula is C11H10. The quantitative estimate of drug-likeness (QED) is 0.608. The van der Waals surface area contributed by atoms with Gasteiger partial charge in [0.2, 0.25) is 0 Å². The highest BCUT2D eigenvalue weighted by atomic mass is 14.0. The molecule has 54 valence electrons. The number of hydrogen-bond acceptors (Lipinski definition) is 0. The third-order valence-corrected chi connectivity index (χ3v) is 1.46. The van der Waals surface area contributed by atoms with Crippen LogP contribution in [0.1, 0.15) is 5.56 Å². The molecule has 0 aromatic heterocycles.